The Morgan fingerprint density at radius 3 is 2.52 bits per heavy atom. The smallest absolute Gasteiger partial charge is 0.269 e. The second kappa shape index (κ2) is 6.04. The SMILES string of the molecule is CCCOc1ccc(S(=O)(=O)n2ccnc2C)c2ccccc12. The first kappa shape index (κ1) is 15.6. The Hall–Kier alpha value is -2.34. The molecule has 6 heteroatoms. The van der Waals surface area contributed by atoms with Crippen molar-refractivity contribution >= 4 is 20.8 Å². The van der Waals surface area contributed by atoms with Gasteiger partial charge >= 0.3 is 0 Å². The van der Waals surface area contributed by atoms with E-state index in [0.29, 0.717) is 23.6 Å². The fourth-order valence-corrected chi connectivity index (χ4v) is 4.05. The number of imidazole rings is 1. The number of aryl methyl sites for hydroxylation is 1. The van der Waals surface area contributed by atoms with Crippen LogP contribution in [0.3, 0.4) is 0 Å². The Balaban J connectivity index is 2.22. The number of ether oxygens (including phenoxy) is 1. The molecule has 1 heterocycles. The van der Waals surface area contributed by atoms with Crippen LogP contribution in [0.4, 0.5) is 0 Å². The first-order chi connectivity index (χ1) is 11.1. The topological polar surface area (TPSA) is 61.2 Å². The highest BCUT2D eigenvalue weighted by atomic mass is 32.2. The molecule has 0 bridgehead atoms. The van der Waals surface area contributed by atoms with Gasteiger partial charge in [0.15, 0.2) is 0 Å². The highest BCUT2D eigenvalue weighted by Gasteiger charge is 2.22. The van der Waals surface area contributed by atoms with E-state index in [4.69, 9.17) is 4.74 Å². The van der Waals surface area contributed by atoms with E-state index in [9.17, 15) is 8.42 Å². The van der Waals surface area contributed by atoms with Gasteiger partial charge in [-0.2, -0.15) is 0 Å². The number of nitrogens with zero attached hydrogens (tertiary/aromatic N) is 2. The Kier molecular flexibility index (Phi) is 4.09. The van der Waals surface area contributed by atoms with E-state index < -0.39 is 10.0 Å². The number of fused-ring (bicyclic) bond motifs is 1. The highest BCUT2D eigenvalue weighted by molar-refractivity contribution is 7.90. The lowest BCUT2D eigenvalue weighted by Crippen LogP contribution is -2.14. The van der Waals surface area contributed by atoms with Crippen LogP contribution < -0.4 is 4.74 Å². The molecule has 0 radical (unpaired) electrons. The van der Waals surface area contributed by atoms with Crippen LogP contribution in [0.5, 0.6) is 5.75 Å². The molecule has 5 nitrogen and oxygen atoms in total. The summed E-state index contributed by atoms with van der Waals surface area (Å²) < 4.78 is 32.8. The Labute approximate surface area is 135 Å². The van der Waals surface area contributed by atoms with Gasteiger partial charge in [0.05, 0.1) is 11.5 Å². The van der Waals surface area contributed by atoms with Crippen molar-refractivity contribution in [3.8, 4) is 5.75 Å². The summed E-state index contributed by atoms with van der Waals surface area (Å²) in [5.41, 5.74) is 0. The normalized spacial score (nSPS) is 11.7. The molecule has 0 saturated carbocycles. The second-order valence-corrected chi connectivity index (χ2v) is 7.01. The standard InChI is InChI=1S/C17H18N2O3S/c1-3-12-22-16-8-9-17(15-7-5-4-6-14(15)16)23(20,21)19-11-10-18-13(19)2/h4-11H,3,12H2,1-2H3. The summed E-state index contributed by atoms with van der Waals surface area (Å²) in [6.07, 6.45) is 3.83. The van der Waals surface area contributed by atoms with Crippen molar-refractivity contribution in [2.75, 3.05) is 6.61 Å². The molecule has 0 spiro atoms. The number of rotatable bonds is 5. The van der Waals surface area contributed by atoms with E-state index in [1.807, 2.05) is 25.1 Å². The zero-order valence-electron chi connectivity index (χ0n) is 13.1. The van der Waals surface area contributed by atoms with Crippen molar-refractivity contribution in [2.24, 2.45) is 0 Å². The van der Waals surface area contributed by atoms with Crippen LogP contribution >= 0.6 is 0 Å². The van der Waals surface area contributed by atoms with E-state index in [0.717, 1.165) is 11.8 Å². The zero-order valence-corrected chi connectivity index (χ0v) is 13.9. The fraction of sp³-hybridized carbons (Fsp3) is 0.235. The van der Waals surface area contributed by atoms with Crippen molar-refractivity contribution in [3.63, 3.8) is 0 Å². The van der Waals surface area contributed by atoms with Crippen LogP contribution in [0.1, 0.15) is 19.2 Å². The summed E-state index contributed by atoms with van der Waals surface area (Å²) in [7, 11) is -3.69. The maximum atomic E-state index is 12.9. The van der Waals surface area contributed by atoms with Gasteiger partial charge in [-0.1, -0.05) is 31.2 Å². The summed E-state index contributed by atoms with van der Waals surface area (Å²) in [4.78, 5) is 4.25. The van der Waals surface area contributed by atoms with Gasteiger partial charge in [-0.15, -0.1) is 0 Å². The Morgan fingerprint density at radius 2 is 1.87 bits per heavy atom. The first-order valence-corrected chi connectivity index (χ1v) is 8.89. The minimum Gasteiger partial charge on any atom is -0.493 e. The van der Waals surface area contributed by atoms with E-state index in [1.165, 1.54) is 16.4 Å². The van der Waals surface area contributed by atoms with Crippen LogP contribution in [-0.2, 0) is 10.0 Å². The van der Waals surface area contributed by atoms with Gasteiger partial charge in [0, 0.05) is 23.2 Å². The van der Waals surface area contributed by atoms with E-state index in [2.05, 4.69) is 4.98 Å². The lowest BCUT2D eigenvalue weighted by Gasteiger charge is -2.13. The summed E-state index contributed by atoms with van der Waals surface area (Å²) in [6.45, 7) is 4.29. The Morgan fingerprint density at radius 1 is 1.13 bits per heavy atom. The minimum atomic E-state index is -3.69. The molecule has 3 rings (SSSR count). The molecule has 1 aromatic heterocycles. The molecule has 3 aromatic rings. The Bertz CT molecular complexity index is 945. The molecule has 23 heavy (non-hydrogen) atoms. The summed E-state index contributed by atoms with van der Waals surface area (Å²) in [5, 5.41) is 1.44. The predicted molar refractivity (Wildman–Crippen MR) is 89.3 cm³/mol. The monoisotopic (exact) mass is 330 g/mol. The lowest BCUT2D eigenvalue weighted by atomic mass is 10.1. The van der Waals surface area contributed by atoms with Gasteiger partial charge in [0.1, 0.15) is 11.6 Å². The maximum Gasteiger partial charge on any atom is 0.269 e. The molecule has 0 fully saturated rings. The van der Waals surface area contributed by atoms with Crippen LogP contribution in [-0.4, -0.2) is 24.0 Å². The molecule has 0 atom stereocenters. The molecule has 2 aromatic carbocycles. The molecule has 120 valence electrons. The molecule has 0 amide bonds. The van der Waals surface area contributed by atoms with Gasteiger partial charge in [-0.25, -0.2) is 17.4 Å². The van der Waals surface area contributed by atoms with E-state index in [-0.39, 0.29) is 4.90 Å². The lowest BCUT2D eigenvalue weighted by molar-refractivity contribution is 0.321. The van der Waals surface area contributed by atoms with Crippen molar-refractivity contribution in [3.05, 3.63) is 54.6 Å². The molecular weight excluding hydrogens is 312 g/mol. The maximum absolute atomic E-state index is 12.9. The number of hydrogen-bond acceptors (Lipinski definition) is 4. The molecule has 0 unspecified atom stereocenters. The summed E-state index contributed by atoms with van der Waals surface area (Å²) in [6, 6.07) is 10.7. The molecule has 0 aliphatic heterocycles. The van der Waals surface area contributed by atoms with E-state index in [1.54, 1.807) is 25.1 Å². The fourth-order valence-electron chi connectivity index (χ4n) is 2.53. The van der Waals surface area contributed by atoms with Crippen LogP contribution in [0, 0.1) is 6.92 Å². The largest absolute Gasteiger partial charge is 0.493 e. The second-order valence-electron chi connectivity index (χ2n) is 5.23. The van der Waals surface area contributed by atoms with E-state index >= 15 is 0 Å². The molecule has 0 saturated heterocycles. The van der Waals surface area contributed by atoms with Crippen LogP contribution in [0.2, 0.25) is 0 Å². The van der Waals surface area contributed by atoms with Crippen molar-refractivity contribution in [2.45, 2.75) is 25.2 Å². The van der Waals surface area contributed by atoms with Crippen molar-refractivity contribution in [1.82, 2.24) is 8.96 Å². The number of benzene rings is 2. The molecule has 0 aliphatic rings. The highest BCUT2D eigenvalue weighted by Crippen LogP contribution is 2.32. The predicted octanol–water partition coefficient (Wildman–Crippen LogP) is 3.37. The van der Waals surface area contributed by atoms with Gasteiger partial charge in [0.25, 0.3) is 10.0 Å². The van der Waals surface area contributed by atoms with Crippen LogP contribution in [0.25, 0.3) is 10.8 Å². The third kappa shape index (κ3) is 2.70. The van der Waals surface area contributed by atoms with Gasteiger partial charge < -0.3 is 4.74 Å². The van der Waals surface area contributed by atoms with Crippen molar-refractivity contribution in [1.29, 1.82) is 0 Å². The quantitative estimate of drug-likeness (QED) is 0.719. The van der Waals surface area contributed by atoms with Gasteiger partial charge in [0.2, 0.25) is 0 Å². The summed E-state index contributed by atoms with van der Waals surface area (Å²) >= 11 is 0. The van der Waals surface area contributed by atoms with Gasteiger partial charge in [-0.3, -0.25) is 0 Å². The first-order valence-electron chi connectivity index (χ1n) is 7.45. The number of hydrogen-bond donors (Lipinski definition) is 0. The molecule has 0 aliphatic carbocycles. The number of aromatic nitrogens is 2. The third-order valence-electron chi connectivity index (χ3n) is 3.62. The molecular formula is C17H18N2O3S. The average molecular weight is 330 g/mol. The third-order valence-corrected chi connectivity index (χ3v) is 5.44. The summed E-state index contributed by atoms with van der Waals surface area (Å²) in [5.74, 6) is 1.13. The molecule has 0 N–H and O–H groups in total. The van der Waals surface area contributed by atoms with Gasteiger partial charge in [-0.05, 0) is 25.5 Å². The van der Waals surface area contributed by atoms with Crippen molar-refractivity contribution < 1.29 is 13.2 Å². The average Bonchev–Trinajstić information content (AvgIpc) is 2.99. The zero-order chi connectivity index (χ0) is 16.4. The van der Waals surface area contributed by atoms with Crippen LogP contribution in [0.15, 0.2) is 53.7 Å². The minimum absolute atomic E-state index is 0.248.